The minimum Gasteiger partial charge on any atom is -0.383 e. The number of anilines is 1. The van der Waals surface area contributed by atoms with Crippen LogP contribution in [-0.4, -0.2) is 52.1 Å². The summed E-state index contributed by atoms with van der Waals surface area (Å²) in [6, 6.07) is 20.1. The summed E-state index contributed by atoms with van der Waals surface area (Å²) in [5.74, 6) is 0.214. The van der Waals surface area contributed by atoms with Gasteiger partial charge in [0.2, 0.25) is 15.9 Å². The van der Waals surface area contributed by atoms with Crippen molar-refractivity contribution in [1.29, 1.82) is 0 Å². The van der Waals surface area contributed by atoms with Crippen LogP contribution in [0.25, 0.3) is 33.1 Å². The average Bonchev–Trinajstić information content (AvgIpc) is 3.41. The van der Waals surface area contributed by atoms with Crippen molar-refractivity contribution in [2.45, 2.75) is 30.3 Å². The molecule has 0 aliphatic carbocycles. The third kappa shape index (κ3) is 5.17. The average molecular weight is 568 g/mol. The first kappa shape index (κ1) is 26.6. The Morgan fingerprint density at radius 1 is 1.07 bits per heavy atom. The SMILES string of the molecule is C=CC(=O)N1CCC[C@@H](n2nc(-c3ccc(CNS(=O)(=O)c4ccc5ccccc5c4)cc3)c3c(N)ncnc32)C1. The molecule has 1 atom stereocenters. The summed E-state index contributed by atoms with van der Waals surface area (Å²) in [6.07, 6.45) is 4.43. The van der Waals surface area contributed by atoms with E-state index in [0.717, 1.165) is 34.7 Å². The molecule has 1 aliphatic rings. The molecule has 0 bridgehead atoms. The Labute approximate surface area is 237 Å². The molecule has 0 saturated carbocycles. The Morgan fingerprint density at radius 3 is 2.63 bits per heavy atom. The van der Waals surface area contributed by atoms with Crippen molar-refractivity contribution >= 4 is 43.6 Å². The highest BCUT2D eigenvalue weighted by atomic mass is 32.2. The van der Waals surface area contributed by atoms with Gasteiger partial charge in [0.05, 0.1) is 16.3 Å². The topological polar surface area (TPSA) is 136 Å². The van der Waals surface area contributed by atoms with Crippen LogP contribution in [0.2, 0.25) is 0 Å². The lowest BCUT2D eigenvalue weighted by molar-refractivity contribution is -0.127. The van der Waals surface area contributed by atoms with E-state index in [1.807, 2.05) is 53.2 Å². The van der Waals surface area contributed by atoms with Crippen LogP contribution in [0.15, 0.2) is 90.6 Å². The monoisotopic (exact) mass is 567 g/mol. The second-order valence-electron chi connectivity index (χ2n) is 10.1. The number of sulfonamides is 1. The Hall–Kier alpha value is -4.61. The van der Waals surface area contributed by atoms with E-state index in [1.54, 1.807) is 23.1 Å². The molecule has 0 unspecified atom stereocenters. The second-order valence-corrected chi connectivity index (χ2v) is 11.8. The summed E-state index contributed by atoms with van der Waals surface area (Å²) in [5.41, 5.74) is 9.12. The van der Waals surface area contributed by atoms with Crippen LogP contribution < -0.4 is 10.5 Å². The zero-order chi connectivity index (χ0) is 28.6. The lowest BCUT2D eigenvalue weighted by Gasteiger charge is -2.32. The normalized spacial score (nSPS) is 15.8. The smallest absolute Gasteiger partial charge is 0.246 e. The molecule has 0 radical (unpaired) electrons. The predicted molar refractivity (Wildman–Crippen MR) is 158 cm³/mol. The van der Waals surface area contributed by atoms with Crippen LogP contribution in [0.5, 0.6) is 0 Å². The van der Waals surface area contributed by atoms with Crippen molar-refractivity contribution in [2.24, 2.45) is 0 Å². The van der Waals surface area contributed by atoms with Crippen molar-refractivity contribution in [3.05, 3.63) is 91.3 Å². The predicted octanol–water partition coefficient (Wildman–Crippen LogP) is 4.06. The number of hydrogen-bond acceptors (Lipinski definition) is 7. The van der Waals surface area contributed by atoms with Gasteiger partial charge in [0.25, 0.3) is 0 Å². The molecule has 0 spiro atoms. The molecule has 5 aromatic rings. The van der Waals surface area contributed by atoms with E-state index >= 15 is 0 Å². The Morgan fingerprint density at radius 2 is 1.85 bits per heavy atom. The highest BCUT2D eigenvalue weighted by Crippen LogP contribution is 2.34. The molecular weight excluding hydrogens is 538 g/mol. The van der Waals surface area contributed by atoms with Gasteiger partial charge in [-0.2, -0.15) is 5.10 Å². The molecule has 3 aromatic carbocycles. The van der Waals surface area contributed by atoms with Crippen LogP contribution in [0, 0.1) is 0 Å². The Kier molecular flexibility index (Phi) is 6.98. The molecule has 6 rings (SSSR count). The standard InChI is InChI=1S/C30H29N7O3S/c1-2-26(38)36-15-5-8-24(18-36)37-30-27(29(31)32-19-33-30)28(35-37)22-11-9-20(10-12-22)17-34-41(39,40)25-14-13-21-6-3-4-7-23(21)16-25/h2-4,6-7,9-14,16,19,24,34H,1,5,8,15,17-18H2,(H2,31,32,33)/t24-/m1/s1. The number of fused-ring (bicyclic) bond motifs is 2. The number of nitrogen functional groups attached to an aromatic ring is 1. The maximum Gasteiger partial charge on any atom is 0.246 e. The number of likely N-dealkylation sites (tertiary alicyclic amines) is 1. The van der Waals surface area contributed by atoms with Crippen LogP contribution in [0.4, 0.5) is 5.82 Å². The zero-order valence-corrected chi connectivity index (χ0v) is 23.1. The molecule has 3 N–H and O–H groups in total. The number of benzene rings is 3. The lowest BCUT2D eigenvalue weighted by atomic mass is 10.1. The summed E-state index contributed by atoms with van der Waals surface area (Å²) in [5, 5.41) is 7.39. The van der Waals surface area contributed by atoms with Gasteiger partial charge in [-0.3, -0.25) is 4.79 Å². The van der Waals surface area contributed by atoms with Gasteiger partial charge in [-0.15, -0.1) is 0 Å². The first-order valence-corrected chi connectivity index (χ1v) is 14.8. The fourth-order valence-corrected chi connectivity index (χ4v) is 6.37. The summed E-state index contributed by atoms with van der Waals surface area (Å²) in [4.78, 5) is 22.9. The maximum atomic E-state index is 13.0. The minimum atomic E-state index is -3.70. The quantitative estimate of drug-likeness (QED) is 0.283. The molecule has 3 heterocycles. The summed E-state index contributed by atoms with van der Waals surface area (Å²) in [6.45, 7) is 4.92. The fraction of sp³-hybridized carbons (Fsp3) is 0.200. The number of hydrogen-bond donors (Lipinski definition) is 2. The first-order valence-electron chi connectivity index (χ1n) is 13.3. The third-order valence-corrected chi connectivity index (χ3v) is 8.87. The van der Waals surface area contributed by atoms with Crippen molar-refractivity contribution in [1.82, 2.24) is 29.4 Å². The molecule has 10 nitrogen and oxygen atoms in total. The van der Waals surface area contributed by atoms with E-state index in [1.165, 1.54) is 12.4 Å². The zero-order valence-electron chi connectivity index (χ0n) is 22.3. The Bertz CT molecular complexity index is 1880. The van der Waals surface area contributed by atoms with Gasteiger partial charge in [-0.05, 0) is 47.4 Å². The number of piperidine rings is 1. The first-order chi connectivity index (χ1) is 19.8. The molecule has 2 aromatic heterocycles. The summed E-state index contributed by atoms with van der Waals surface area (Å²) in [7, 11) is -3.70. The molecule has 41 heavy (non-hydrogen) atoms. The number of amides is 1. The molecule has 1 fully saturated rings. The second kappa shape index (κ2) is 10.8. The van der Waals surface area contributed by atoms with Gasteiger partial charge >= 0.3 is 0 Å². The third-order valence-electron chi connectivity index (χ3n) is 7.47. The van der Waals surface area contributed by atoms with E-state index < -0.39 is 10.0 Å². The van der Waals surface area contributed by atoms with Crippen LogP contribution >= 0.6 is 0 Å². The van der Waals surface area contributed by atoms with E-state index in [2.05, 4.69) is 21.3 Å². The fourth-order valence-electron chi connectivity index (χ4n) is 5.31. The molecular formula is C30H29N7O3S. The summed E-state index contributed by atoms with van der Waals surface area (Å²) < 4.78 is 30.5. The number of rotatable bonds is 7. The highest BCUT2D eigenvalue weighted by Gasteiger charge is 2.28. The molecule has 208 valence electrons. The van der Waals surface area contributed by atoms with E-state index in [0.29, 0.717) is 35.6 Å². The van der Waals surface area contributed by atoms with E-state index in [4.69, 9.17) is 10.8 Å². The minimum absolute atomic E-state index is 0.0676. The number of carbonyl (C=O) groups is 1. The van der Waals surface area contributed by atoms with Crippen LogP contribution in [0.3, 0.4) is 0 Å². The van der Waals surface area contributed by atoms with Crippen molar-refractivity contribution in [3.63, 3.8) is 0 Å². The summed E-state index contributed by atoms with van der Waals surface area (Å²) >= 11 is 0. The number of carbonyl (C=O) groups excluding carboxylic acids is 1. The van der Waals surface area contributed by atoms with E-state index in [-0.39, 0.29) is 23.4 Å². The molecule has 1 amide bonds. The van der Waals surface area contributed by atoms with Crippen molar-refractivity contribution < 1.29 is 13.2 Å². The van der Waals surface area contributed by atoms with Gasteiger partial charge in [0, 0.05) is 25.2 Å². The van der Waals surface area contributed by atoms with Crippen molar-refractivity contribution in [2.75, 3.05) is 18.8 Å². The molecule has 11 heteroatoms. The Balaban J connectivity index is 1.25. The van der Waals surface area contributed by atoms with Crippen molar-refractivity contribution in [3.8, 4) is 11.3 Å². The van der Waals surface area contributed by atoms with Crippen LogP contribution in [0.1, 0.15) is 24.4 Å². The number of nitrogens with one attached hydrogen (secondary N) is 1. The van der Waals surface area contributed by atoms with Gasteiger partial charge in [0.15, 0.2) is 5.65 Å². The number of nitrogens with two attached hydrogens (primary N) is 1. The number of aromatic nitrogens is 4. The van der Waals surface area contributed by atoms with E-state index in [9.17, 15) is 13.2 Å². The van der Waals surface area contributed by atoms with Gasteiger partial charge in [0.1, 0.15) is 17.8 Å². The maximum absolute atomic E-state index is 13.0. The van der Waals surface area contributed by atoms with Gasteiger partial charge in [-0.25, -0.2) is 27.8 Å². The lowest BCUT2D eigenvalue weighted by Crippen LogP contribution is -2.40. The molecule has 1 saturated heterocycles. The van der Waals surface area contributed by atoms with Gasteiger partial charge < -0.3 is 10.6 Å². The molecule has 1 aliphatic heterocycles. The van der Waals surface area contributed by atoms with Crippen LogP contribution in [-0.2, 0) is 21.4 Å². The largest absolute Gasteiger partial charge is 0.383 e. The van der Waals surface area contributed by atoms with Gasteiger partial charge in [-0.1, -0.05) is 61.2 Å². The highest BCUT2D eigenvalue weighted by molar-refractivity contribution is 7.89. The number of nitrogens with zero attached hydrogens (tertiary/aromatic N) is 5.